The van der Waals surface area contributed by atoms with E-state index in [1.807, 2.05) is 11.8 Å². The van der Waals surface area contributed by atoms with Crippen molar-refractivity contribution < 1.29 is 45.3 Å². The Morgan fingerprint density at radius 2 is 1.62 bits per heavy atom. The zero-order valence-corrected chi connectivity index (χ0v) is 25.6. The topological polar surface area (TPSA) is 48.0 Å². The third-order valence-corrected chi connectivity index (χ3v) is 10.5. The Balaban J connectivity index is 1.22. The quantitative estimate of drug-likeness (QED) is 0.230. The third-order valence-electron chi connectivity index (χ3n) is 10.5. The van der Waals surface area contributed by atoms with Gasteiger partial charge in [0.15, 0.2) is 0 Å². The number of alkyl halides is 6. The summed E-state index contributed by atoms with van der Waals surface area (Å²) in [6, 6.07) is 7.07. The maximum atomic E-state index is 13.9. The molecule has 0 amide bonds. The molecular formula is C34H39F6NO4. The molecule has 0 N–H and O–H groups in total. The Hall–Kier alpha value is -2.79. The maximum Gasteiger partial charge on any atom is 0.416 e. The minimum atomic E-state index is -4.78. The Bertz CT molecular complexity index is 1390. The summed E-state index contributed by atoms with van der Waals surface area (Å²) < 4.78 is 100.0. The van der Waals surface area contributed by atoms with Crippen LogP contribution in [0.2, 0.25) is 0 Å². The molecule has 3 fully saturated rings. The largest absolute Gasteiger partial charge is 0.490 e. The lowest BCUT2D eigenvalue weighted by atomic mass is 9.71. The van der Waals surface area contributed by atoms with Crippen LogP contribution in [0.15, 0.2) is 36.4 Å². The average Bonchev–Trinajstić information content (AvgIpc) is 3.83. The monoisotopic (exact) mass is 639 g/mol. The van der Waals surface area contributed by atoms with Crippen LogP contribution < -0.4 is 4.74 Å². The minimum Gasteiger partial charge on any atom is -0.490 e. The number of hydrogen-bond acceptors (Lipinski definition) is 5. The number of hydrogen-bond donors (Lipinski definition) is 0. The van der Waals surface area contributed by atoms with E-state index in [9.17, 15) is 31.1 Å². The number of likely N-dealkylation sites (tertiary alicyclic amines) is 1. The molecule has 2 saturated heterocycles. The number of methoxy groups -OCH3 is 1. The van der Waals surface area contributed by atoms with E-state index in [0.29, 0.717) is 50.4 Å². The van der Waals surface area contributed by atoms with E-state index >= 15 is 0 Å². The minimum absolute atomic E-state index is 0.0432. The lowest BCUT2D eigenvalue weighted by Crippen LogP contribution is -2.57. The van der Waals surface area contributed by atoms with Gasteiger partial charge >= 0.3 is 18.3 Å². The van der Waals surface area contributed by atoms with Crippen molar-refractivity contribution in [1.82, 2.24) is 4.90 Å². The molecule has 3 aliphatic heterocycles. The second kappa shape index (κ2) is 12.1. The van der Waals surface area contributed by atoms with Crippen molar-refractivity contribution in [3.8, 4) is 5.75 Å². The molecule has 11 heteroatoms. The van der Waals surface area contributed by atoms with Gasteiger partial charge in [-0.15, -0.1) is 0 Å². The standard InChI is InChI=1S/C34H39F6NO4/c1-18(32(42)43-3)30(21-5-6-21)22-7-4-20-8-11-28(45-29(20)12-22)31-23-14-41(15-24(31)17-44-16-23)19(2)26-13-25(33(35,36)37)9-10-27(26)34(38,39)40/h4,7,9-10,12-13,18-19,21,23-24,28,30-31H,5-6,8,11,14-17H2,1-3H3/t18?,19-,23-,24+,28?,30?,31?/m1/s1. The molecule has 2 aromatic rings. The summed E-state index contributed by atoms with van der Waals surface area (Å²) in [4.78, 5) is 14.3. The number of fused-ring (bicyclic) bond motifs is 3. The van der Waals surface area contributed by atoms with Crippen LogP contribution in [0.5, 0.6) is 5.75 Å². The van der Waals surface area contributed by atoms with E-state index < -0.39 is 29.5 Å². The first-order valence-electron chi connectivity index (χ1n) is 15.7. The molecule has 1 saturated carbocycles. The Morgan fingerprint density at radius 3 is 2.22 bits per heavy atom. The number of nitrogens with zero attached hydrogens (tertiary/aromatic N) is 1. The van der Waals surface area contributed by atoms with Gasteiger partial charge in [0.25, 0.3) is 0 Å². The van der Waals surface area contributed by atoms with Gasteiger partial charge in [0.1, 0.15) is 11.9 Å². The normalized spacial score (nSPS) is 27.6. The first kappa shape index (κ1) is 32.2. The molecule has 4 unspecified atom stereocenters. The zero-order valence-electron chi connectivity index (χ0n) is 25.6. The highest BCUT2D eigenvalue weighted by Gasteiger charge is 2.48. The number of halogens is 6. The molecule has 3 heterocycles. The van der Waals surface area contributed by atoms with Crippen molar-refractivity contribution in [1.29, 1.82) is 0 Å². The van der Waals surface area contributed by atoms with E-state index in [1.54, 1.807) is 6.92 Å². The van der Waals surface area contributed by atoms with Gasteiger partial charge in [0.2, 0.25) is 0 Å². The molecule has 2 bridgehead atoms. The molecule has 0 radical (unpaired) electrons. The van der Waals surface area contributed by atoms with E-state index in [2.05, 4.69) is 18.2 Å². The van der Waals surface area contributed by atoms with Gasteiger partial charge in [0.05, 0.1) is 37.4 Å². The number of carbonyl (C=O) groups is 1. The molecular weight excluding hydrogens is 600 g/mol. The highest BCUT2D eigenvalue weighted by molar-refractivity contribution is 5.73. The van der Waals surface area contributed by atoms with Gasteiger partial charge in [-0.25, -0.2) is 0 Å². The van der Waals surface area contributed by atoms with Gasteiger partial charge < -0.3 is 14.2 Å². The second-order valence-electron chi connectivity index (χ2n) is 13.3. The first-order valence-corrected chi connectivity index (χ1v) is 15.7. The van der Waals surface area contributed by atoms with Crippen molar-refractivity contribution in [3.05, 3.63) is 64.2 Å². The summed E-state index contributed by atoms with van der Waals surface area (Å²) in [5, 5.41) is 0. The number of esters is 1. The number of rotatable bonds is 7. The van der Waals surface area contributed by atoms with E-state index in [1.165, 1.54) is 7.11 Å². The van der Waals surface area contributed by atoms with Crippen LogP contribution in [0.3, 0.4) is 0 Å². The van der Waals surface area contributed by atoms with Crippen molar-refractivity contribution in [2.45, 2.75) is 69.9 Å². The molecule has 4 aliphatic rings. The predicted molar refractivity (Wildman–Crippen MR) is 154 cm³/mol. The molecule has 6 rings (SSSR count). The van der Waals surface area contributed by atoms with Crippen LogP contribution in [0.25, 0.3) is 0 Å². The summed E-state index contributed by atoms with van der Waals surface area (Å²) in [5.74, 6) is 0.760. The fourth-order valence-electron chi connectivity index (χ4n) is 8.11. The number of aryl methyl sites for hydroxylation is 1. The molecule has 0 aromatic heterocycles. The van der Waals surface area contributed by atoms with Gasteiger partial charge in [0, 0.05) is 36.9 Å². The molecule has 7 atom stereocenters. The molecule has 5 nitrogen and oxygen atoms in total. The van der Waals surface area contributed by atoms with E-state index in [4.69, 9.17) is 14.2 Å². The van der Waals surface area contributed by atoms with Crippen LogP contribution in [0.4, 0.5) is 26.3 Å². The van der Waals surface area contributed by atoms with Crippen LogP contribution in [0.1, 0.15) is 72.9 Å². The highest BCUT2D eigenvalue weighted by atomic mass is 19.4. The van der Waals surface area contributed by atoms with Crippen LogP contribution in [-0.2, 0) is 33.0 Å². The summed E-state index contributed by atoms with van der Waals surface area (Å²) in [6.45, 7) is 5.07. The average molecular weight is 640 g/mol. The van der Waals surface area contributed by atoms with Crippen LogP contribution in [-0.4, -0.2) is 50.4 Å². The highest BCUT2D eigenvalue weighted by Crippen LogP contribution is 2.49. The first-order chi connectivity index (χ1) is 21.3. The smallest absolute Gasteiger partial charge is 0.416 e. The fourth-order valence-corrected chi connectivity index (χ4v) is 8.11. The second-order valence-corrected chi connectivity index (χ2v) is 13.3. The van der Waals surface area contributed by atoms with Crippen molar-refractivity contribution >= 4 is 5.97 Å². The maximum absolute atomic E-state index is 13.9. The molecule has 246 valence electrons. The Morgan fingerprint density at radius 1 is 0.933 bits per heavy atom. The van der Waals surface area contributed by atoms with Gasteiger partial charge in [-0.05, 0) is 85.4 Å². The zero-order chi connectivity index (χ0) is 32.3. The summed E-state index contributed by atoms with van der Waals surface area (Å²) in [7, 11) is 1.41. The van der Waals surface area contributed by atoms with Gasteiger partial charge in [-0.1, -0.05) is 19.1 Å². The van der Waals surface area contributed by atoms with Crippen molar-refractivity contribution in [3.63, 3.8) is 0 Å². The number of benzene rings is 2. The molecule has 2 aromatic carbocycles. The SMILES string of the molecule is COC(=O)C(C)C(c1ccc2c(c1)OC(C1[C@@H]3COC[C@H]1CN([C@H](C)c1cc(C(F)(F)F)ccc1C(F)(F)F)C3)CC2)C1CC1. The summed E-state index contributed by atoms with van der Waals surface area (Å²) >= 11 is 0. The van der Waals surface area contributed by atoms with Crippen molar-refractivity contribution in [2.24, 2.45) is 29.6 Å². The third kappa shape index (κ3) is 6.44. The van der Waals surface area contributed by atoms with Gasteiger partial charge in [-0.3, -0.25) is 9.69 Å². The number of piperidine rings is 1. The fraction of sp³-hybridized carbons (Fsp3) is 0.618. The molecule has 45 heavy (non-hydrogen) atoms. The summed E-state index contributed by atoms with van der Waals surface area (Å²) in [5.41, 5.74) is -0.332. The van der Waals surface area contributed by atoms with Crippen LogP contribution in [0, 0.1) is 29.6 Å². The molecule has 0 spiro atoms. The number of carbonyl (C=O) groups excluding carboxylic acids is 1. The lowest BCUT2D eigenvalue weighted by Gasteiger charge is -2.51. The number of ether oxygens (including phenoxy) is 3. The molecule has 1 aliphatic carbocycles. The summed E-state index contributed by atoms with van der Waals surface area (Å²) in [6.07, 6.45) is -5.91. The Labute approximate surface area is 259 Å². The van der Waals surface area contributed by atoms with Crippen molar-refractivity contribution in [2.75, 3.05) is 33.4 Å². The predicted octanol–water partition coefficient (Wildman–Crippen LogP) is 7.68. The van der Waals surface area contributed by atoms with Crippen LogP contribution >= 0.6 is 0 Å². The Kier molecular flexibility index (Phi) is 8.65. The van der Waals surface area contributed by atoms with Gasteiger partial charge in [-0.2, -0.15) is 26.3 Å². The van der Waals surface area contributed by atoms with E-state index in [-0.39, 0.29) is 47.2 Å². The lowest BCUT2D eigenvalue weighted by molar-refractivity contribution is -0.146. The van der Waals surface area contributed by atoms with E-state index in [0.717, 1.165) is 42.6 Å².